The van der Waals surface area contributed by atoms with Gasteiger partial charge in [0.25, 0.3) is 0 Å². The SMILES string of the molecule is CC1(CNC(=O)CSc2ccc(C(C)(C)C)cc2)CCNCC1. The van der Waals surface area contributed by atoms with E-state index in [1.54, 1.807) is 11.8 Å². The second-order valence-electron chi connectivity index (χ2n) is 7.90. The van der Waals surface area contributed by atoms with E-state index >= 15 is 0 Å². The third-order valence-electron chi connectivity index (χ3n) is 4.61. The lowest BCUT2D eigenvalue weighted by molar-refractivity contribution is -0.119. The molecule has 4 heteroatoms. The third-order valence-corrected chi connectivity index (χ3v) is 5.63. The fourth-order valence-electron chi connectivity index (χ4n) is 2.77. The summed E-state index contributed by atoms with van der Waals surface area (Å²) in [6.07, 6.45) is 2.27. The Morgan fingerprint density at radius 3 is 2.39 bits per heavy atom. The Hall–Kier alpha value is -1.00. The molecule has 2 rings (SSSR count). The topological polar surface area (TPSA) is 41.1 Å². The summed E-state index contributed by atoms with van der Waals surface area (Å²) in [5.74, 6) is 0.623. The van der Waals surface area contributed by atoms with E-state index < -0.39 is 0 Å². The summed E-state index contributed by atoms with van der Waals surface area (Å²) < 4.78 is 0. The van der Waals surface area contributed by atoms with Crippen LogP contribution in [0, 0.1) is 5.41 Å². The summed E-state index contributed by atoms with van der Waals surface area (Å²) in [5, 5.41) is 6.48. The third kappa shape index (κ3) is 5.85. The summed E-state index contributed by atoms with van der Waals surface area (Å²) in [6.45, 7) is 11.8. The first-order valence-electron chi connectivity index (χ1n) is 8.49. The van der Waals surface area contributed by atoms with Crippen LogP contribution in [-0.4, -0.2) is 31.3 Å². The minimum absolute atomic E-state index is 0.134. The van der Waals surface area contributed by atoms with E-state index in [2.05, 4.69) is 62.6 Å². The van der Waals surface area contributed by atoms with Gasteiger partial charge in [-0.1, -0.05) is 39.8 Å². The van der Waals surface area contributed by atoms with Crippen LogP contribution < -0.4 is 10.6 Å². The molecule has 0 saturated carbocycles. The first kappa shape index (κ1) is 18.3. The van der Waals surface area contributed by atoms with E-state index in [0.717, 1.165) is 37.4 Å². The van der Waals surface area contributed by atoms with Gasteiger partial charge in [-0.05, 0) is 54.5 Å². The maximum absolute atomic E-state index is 12.1. The molecule has 1 aliphatic heterocycles. The van der Waals surface area contributed by atoms with E-state index in [1.807, 2.05) is 0 Å². The fraction of sp³-hybridized carbons (Fsp3) is 0.632. The average Bonchev–Trinajstić information content (AvgIpc) is 2.51. The van der Waals surface area contributed by atoms with Crippen LogP contribution in [-0.2, 0) is 10.2 Å². The summed E-state index contributed by atoms with van der Waals surface area (Å²) in [6, 6.07) is 8.56. The van der Waals surface area contributed by atoms with Crippen LogP contribution in [0.2, 0.25) is 0 Å². The molecule has 2 N–H and O–H groups in total. The monoisotopic (exact) mass is 334 g/mol. The average molecular weight is 335 g/mol. The molecule has 3 nitrogen and oxygen atoms in total. The van der Waals surface area contributed by atoms with Gasteiger partial charge in [-0.15, -0.1) is 11.8 Å². The van der Waals surface area contributed by atoms with Crippen molar-refractivity contribution in [1.82, 2.24) is 10.6 Å². The van der Waals surface area contributed by atoms with Crippen LogP contribution in [0.3, 0.4) is 0 Å². The van der Waals surface area contributed by atoms with Gasteiger partial charge in [0.1, 0.15) is 0 Å². The van der Waals surface area contributed by atoms with Gasteiger partial charge >= 0.3 is 0 Å². The highest BCUT2D eigenvalue weighted by Crippen LogP contribution is 2.27. The first-order valence-corrected chi connectivity index (χ1v) is 9.48. The molecule has 0 unspecified atom stereocenters. The van der Waals surface area contributed by atoms with Gasteiger partial charge in [0.05, 0.1) is 5.75 Å². The second kappa shape index (κ2) is 7.71. The summed E-state index contributed by atoms with van der Waals surface area (Å²) in [5.41, 5.74) is 1.75. The number of hydrogen-bond donors (Lipinski definition) is 2. The molecular formula is C19H30N2OS. The van der Waals surface area contributed by atoms with E-state index in [1.165, 1.54) is 5.56 Å². The van der Waals surface area contributed by atoms with Crippen LogP contribution in [0.5, 0.6) is 0 Å². The lowest BCUT2D eigenvalue weighted by Crippen LogP contribution is -2.43. The van der Waals surface area contributed by atoms with Crippen molar-refractivity contribution in [2.75, 3.05) is 25.4 Å². The minimum atomic E-state index is 0.134. The predicted octanol–water partition coefficient (Wildman–Crippen LogP) is 3.58. The molecule has 0 aliphatic carbocycles. The van der Waals surface area contributed by atoms with Crippen molar-refractivity contribution < 1.29 is 4.79 Å². The van der Waals surface area contributed by atoms with Gasteiger partial charge in [0.2, 0.25) is 5.91 Å². The Morgan fingerprint density at radius 2 is 1.83 bits per heavy atom. The molecule has 0 bridgehead atoms. The first-order chi connectivity index (χ1) is 10.8. The number of thioether (sulfide) groups is 1. The van der Waals surface area contributed by atoms with Crippen molar-refractivity contribution in [2.24, 2.45) is 5.41 Å². The molecule has 1 aliphatic rings. The molecule has 1 saturated heterocycles. The van der Waals surface area contributed by atoms with Gasteiger partial charge in [0, 0.05) is 11.4 Å². The highest BCUT2D eigenvalue weighted by Gasteiger charge is 2.26. The van der Waals surface area contributed by atoms with Crippen molar-refractivity contribution in [3.05, 3.63) is 29.8 Å². The van der Waals surface area contributed by atoms with Crippen LogP contribution in [0.15, 0.2) is 29.2 Å². The van der Waals surface area contributed by atoms with Gasteiger partial charge < -0.3 is 10.6 Å². The Morgan fingerprint density at radius 1 is 1.22 bits per heavy atom. The summed E-state index contributed by atoms with van der Waals surface area (Å²) in [4.78, 5) is 13.2. The standard InChI is InChI=1S/C19H30N2OS/c1-18(2,3)15-5-7-16(8-6-15)23-13-17(22)21-14-19(4)9-11-20-12-10-19/h5-8,20H,9-14H2,1-4H3,(H,21,22). The van der Waals surface area contributed by atoms with Crippen molar-refractivity contribution >= 4 is 17.7 Å². The lowest BCUT2D eigenvalue weighted by Gasteiger charge is -2.34. The highest BCUT2D eigenvalue weighted by molar-refractivity contribution is 8.00. The number of rotatable bonds is 5. The van der Waals surface area contributed by atoms with E-state index in [0.29, 0.717) is 5.75 Å². The number of piperidine rings is 1. The fourth-order valence-corrected chi connectivity index (χ4v) is 3.50. The molecular weight excluding hydrogens is 304 g/mol. The van der Waals surface area contributed by atoms with Crippen LogP contribution in [0.25, 0.3) is 0 Å². The van der Waals surface area contributed by atoms with Crippen LogP contribution in [0.1, 0.15) is 46.1 Å². The van der Waals surface area contributed by atoms with E-state index in [9.17, 15) is 4.79 Å². The van der Waals surface area contributed by atoms with Crippen LogP contribution >= 0.6 is 11.8 Å². The zero-order valence-electron chi connectivity index (χ0n) is 14.9. The van der Waals surface area contributed by atoms with E-state index in [4.69, 9.17) is 0 Å². The highest BCUT2D eigenvalue weighted by atomic mass is 32.2. The van der Waals surface area contributed by atoms with Gasteiger partial charge in [-0.25, -0.2) is 0 Å². The normalized spacial score (nSPS) is 17.7. The zero-order chi connectivity index (χ0) is 16.9. The molecule has 23 heavy (non-hydrogen) atoms. The van der Waals surface area contributed by atoms with Gasteiger partial charge in [0.15, 0.2) is 0 Å². The Kier molecular flexibility index (Phi) is 6.15. The Labute approximate surface area is 145 Å². The molecule has 1 aromatic carbocycles. The zero-order valence-corrected chi connectivity index (χ0v) is 15.7. The smallest absolute Gasteiger partial charge is 0.230 e. The largest absolute Gasteiger partial charge is 0.355 e. The Balaban J connectivity index is 1.76. The lowest BCUT2D eigenvalue weighted by atomic mass is 9.81. The summed E-state index contributed by atoms with van der Waals surface area (Å²) in [7, 11) is 0. The van der Waals surface area contributed by atoms with Gasteiger partial charge in [-0.2, -0.15) is 0 Å². The van der Waals surface area contributed by atoms with Gasteiger partial charge in [-0.3, -0.25) is 4.79 Å². The number of benzene rings is 1. The molecule has 1 heterocycles. The molecule has 1 aromatic rings. The Bertz CT molecular complexity index is 513. The number of nitrogens with one attached hydrogen (secondary N) is 2. The van der Waals surface area contributed by atoms with E-state index in [-0.39, 0.29) is 16.7 Å². The maximum Gasteiger partial charge on any atom is 0.230 e. The minimum Gasteiger partial charge on any atom is -0.355 e. The van der Waals surface area contributed by atoms with Crippen molar-refractivity contribution in [1.29, 1.82) is 0 Å². The second-order valence-corrected chi connectivity index (χ2v) is 8.95. The number of hydrogen-bond acceptors (Lipinski definition) is 3. The van der Waals surface area contributed by atoms with Crippen molar-refractivity contribution in [3.63, 3.8) is 0 Å². The predicted molar refractivity (Wildman–Crippen MR) is 99.1 cm³/mol. The molecule has 0 spiro atoms. The van der Waals surface area contributed by atoms with Crippen molar-refractivity contribution in [2.45, 2.75) is 50.8 Å². The molecule has 0 aromatic heterocycles. The number of carbonyl (C=O) groups excluding carboxylic acids is 1. The molecule has 1 fully saturated rings. The van der Waals surface area contributed by atoms with Crippen molar-refractivity contribution in [3.8, 4) is 0 Å². The number of amides is 1. The van der Waals surface area contributed by atoms with Crippen LogP contribution in [0.4, 0.5) is 0 Å². The molecule has 0 atom stereocenters. The quantitative estimate of drug-likeness (QED) is 0.809. The maximum atomic E-state index is 12.1. The molecule has 128 valence electrons. The molecule has 1 amide bonds. The number of carbonyl (C=O) groups is 1. The molecule has 0 radical (unpaired) electrons. The summed E-state index contributed by atoms with van der Waals surface area (Å²) >= 11 is 1.61.